The van der Waals surface area contributed by atoms with Gasteiger partial charge in [-0.25, -0.2) is 9.58 Å². The molecule has 0 spiro atoms. The number of ether oxygens (including phenoxy) is 1. The first kappa shape index (κ1) is 14.8. The van der Waals surface area contributed by atoms with Crippen LogP contribution in [-0.2, 0) is 20.9 Å². The van der Waals surface area contributed by atoms with Crippen LogP contribution in [0.5, 0.6) is 0 Å². The lowest BCUT2D eigenvalue weighted by Crippen LogP contribution is -2.35. The average molecular weight is 338 g/mol. The fourth-order valence-corrected chi connectivity index (χ4v) is 4.37. The Hall–Kier alpha value is -2.54. The van der Waals surface area contributed by atoms with Gasteiger partial charge in [-0.3, -0.25) is 9.59 Å². The number of benzene rings is 1. The maximum atomic E-state index is 12.7. The molecule has 3 fully saturated rings. The van der Waals surface area contributed by atoms with Gasteiger partial charge in [0.05, 0.1) is 30.6 Å². The molecular formula is C18H18N4O3. The van der Waals surface area contributed by atoms with Gasteiger partial charge in [0.25, 0.3) is 5.95 Å². The number of imide groups is 1. The number of carbonyl (C=O) groups excluding carboxylic acids is 2. The minimum Gasteiger partial charge on any atom is -0.373 e. The zero-order chi connectivity index (χ0) is 17.1. The first-order valence-corrected chi connectivity index (χ1v) is 8.60. The van der Waals surface area contributed by atoms with E-state index in [4.69, 9.17) is 4.74 Å². The van der Waals surface area contributed by atoms with E-state index in [0.717, 1.165) is 23.3 Å². The van der Waals surface area contributed by atoms with Crippen molar-refractivity contribution in [3.63, 3.8) is 0 Å². The number of hydrogen-bond acceptors (Lipinski definition) is 5. The highest BCUT2D eigenvalue weighted by atomic mass is 16.5. The van der Waals surface area contributed by atoms with Crippen molar-refractivity contribution in [1.82, 2.24) is 14.8 Å². The van der Waals surface area contributed by atoms with E-state index in [1.54, 1.807) is 11.0 Å². The SMILES string of the molecule is Cc1cccc(Cn2cnc(N3C(=O)C4C5CCC(O5)C4C3=O)n2)c1. The molecule has 7 nitrogen and oxygen atoms in total. The van der Waals surface area contributed by atoms with Crippen molar-refractivity contribution in [2.45, 2.75) is 38.5 Å². The van der Waals surface area contributed by atoms with Crippen LogP contribution in [0.1, 0.15) is 24.0 Å². The van der Waals surface area contributed by atoms with Crippen LogP contribution in [0.3, 0.4) is 0 Å². The van der Waals surface area contributed by atoms with E-state index in [1.165, 1.54) is 5.56 Å². The van der Waals surface area contributed by atoms with E-state index in [9.17, 15) is 9.59 Å². The largest absolute Gasteiger partial charge is 0.373 e. The summed E-state index contributed by atoms with van der Waals surface area (Å²) < 4.78 is 7.40. The van der Waals surface area contributed by atoms with Gasteiger partial charge in [-0.05, 0) is 25.3 Å². The molecule has 2 amide bonds. The quantitative estimate of drug-likeness (QED) is 0.789. The second kappa shape index (κ2) is 5.23. The van der Waals surface area contributed by atoms with Crippen LogP contribution in [0.15, 0.2) is 30.6 Å². The van der Waals surface area contributed by atoms with E-state index < -0.39 is 0 Å². The zero-order valence-electron chi connectivity index (χ0n) is 13.8. The van der Waals surface area contributed by atoms with Gasteiger partial charge in [0.1, 0.15) is 6.33 Å². The van der Waals surface area contributed by atoms with Crippen LogP contribution in [0.25, 0.3) is 0 Å². The fraction of sp³-hybridized carbons (Fsp3) is 0.444. The summed E-state index contributed by atoms with van der Waals surface area (Å²) in [5.41, 5.74) is 2.27. The van der Waals surface area contributed by atoms with Gasteiger partial charge >= 0.3 is 0 Å². The molecule has 0 N–H and O–H groups in total. The first-order chi connectivity index (χ1) is 12.1. The minimum absolute atomic E-state index is 0.120. The maximum Gasteiger partial charge on any atom is 0.258 e. The molecule has 1 aromatic carbocycles. The molecule has 2 bridgehead atoms. The van der Waals surface area contributed by atoms with Crippen molar-refractivity contribution >= 4 is 17.8 Å². The van der Waals surface area contributed by atoms with E-state index in [0.29, 0.717) is 6.54 Å². The van der Waals surface area contributed by atoms with Crippen molar-refractivity contribution < 1.29 is 14.3 Å². The summed E-state index contributed by atoms with van der Waals surface area (Å²) >= 11 is 0. The Labute approximate surface area is 144 Å². The van der Waals surface area contributed by atoms with Crippen LogP contribution in [0, 0.1) is 18.8 Å². The number of aromatic nitrogens is 3. The second-order valence-electron chi connectivity index (χ2n) is 7.08. The number of carbonyl (C=O) groups is 2. The molecule has 3 aliphatic heterocycles. The molecule has 4 atom stereocenters. The number of nitrogens with zero attached hydrogens (tertiary/aromatic N) is 4. The van der Waals surface area contributed by atoms with Crippen molar-refractivity contribution in [1.29, 1.82) is 0 Å². The van der Waals surface area contributed by atoms with Gasteiger partial charge in [0, 0.05) is 0 Å². The lowest BCUT2D eigenvalue weighted by molar-refractivity contribution is -0.124. The number of amides is 2. The van der Waals surface area contributed by atoms with Crippen LogP contribution < -0.4 is 4.90 Å². The third kappa shape index (κ3) is 2.15. The lowest BCUT2D eigenvalue weighted by Gasteiger charge is -2.14. The molecule has 4 heterocycles. The highest BCUT2D eigenvalue weighted by Gasteiger charge is 2.63. The number of aryl methyl sites for hydroxylation is 1. The number of rotatable bonds is 3. The summed E-state index contributed by atoms with van der Waals surface area (Å²) in [5, 5.41) is 4.36. The Morgan fingerprint density at radius 2 is 1.88 bits per heavy atom. The number of anilines is 1. The van der Waals surface area contributed by atoms with E-state index in [1.807, 2.05) is 25.1 Å². The topological polar surface area (TPSA) is 77.3 Å². The van der Waals surface area contributed by atoms with Crippen molar-refractivity contribution in [3.8, 4) is 0 Å². The predicted octanol–water partition coefficient (Wildman–Crippen LogP) is 1.30. The van der Waals surface area contributed by atoms with E-state index in [2.05, 4.69) is 16.1 Å². The summed E-state index contributed by atoms with van der Waals surface area (Å²) in [5.74, 6) is -0.951. The summed E-state index contributed by atoms with van der Waals surface area (Å²) in [6, 6.07) is 8.12. The number of fused-ring (bicyclic) bond motifs is 5. The third-order valence-electron chi connectivity index (χ3n) is 5.44. The molecule has 3 saturated heterocycles. The molecule has 128 valence electrons. The van der Waals surface area contributed by atoms with Gasteiger partial charge < -0.3 is 4.74 Å². The van der Waals surface area contributed by atoms with Crippen LogP contribution >= 0.6 is 0 Å². The summed E-state index contributed by atoms with van der Waals surface area (Å²) in [6.07, 6.45) is 3.04. The monoisotopic (exact) mass is 338 g/mol. The number of hydrogen-bond donors (Lipinski definition) is 0. The molecule has 5 rings (SSSR count). The second-order valence-corrected chi connectivity index (χ2v) is 7.08. The summed E-state index contributed by atoms with van der Waals surface area (Å²) in [4.78, 5) is 30.8. The molecule has 0 saturated carbocycles. The lowest BCUT2D eigenvalue weighted by atomic mass is 9.81. The van der Waals surface area contributed by atoms with Crippen molar-refractivity contribution in [2.24, 2.45) is 11.8 Å². The van der Waals surface area contributed by atoms with Crippen molar-refractivity contribution in [3.05, 3.63) is 41.7 Å². The third-order valence-corrected chi connectivity index (χ3v) is 5.44. The summed E-state index contributed by atoms with van der Waals surface area (Å²) in [7, 11) is 0. The molecule has 2 aromatic rings. The van der Waals surface area contributed by atoms with Crippen LogP contribution in [0.4, 0.5) is 5.95 Å². The van der Waals surface area contributed by atoms with Crippen molar-refractivity contribution in [2.75, 3.05) is 4.90 Å². The molecule has 1 aromatic heterocycles. The molecular weight excluding hydrogens is 320 g/mol. The van der Waals surface area contributed by atoms with Gasteiger partial charge in [-0.15, -0.1) is 5.10 Å². The fourth-order valence-electron chi connectivity index (χ4n) is 4.37. The maximum absolute atomic E-state index is 12.7. The molecule has 7 heteroatoms. The van der Waals surface area contributed by atoms with E-state index in [-0.39, 0.29) is 41.8 Å². The van der Waals surface area contributed by atoms with Gasteiger partial charge in [0.2, 0.25) is 11.8 Å². The first-order valence-electron chi connectivity index (χ1n) is 8.60. The van der Waals surface area contributed by atoms with Crippen LogP contribution in [0.2, 0.25) is 0 Å². The van der Waals surface area contributed by atoms with Crippen LogP contribution in [-0.4, -0.2) is 38.8 Å². The predicted molar refractivity (Wildman–Crippen MR) is 87.7 cm³/mol. The summed E-state index contributed by atoms with van der Waals surface area (Å²) in [6.45, 7) is 2.58. The Bertz CT molecular complexity index is 849. The zero-order valence-corrected chi connectivity index (χ0v) is 13.8. The molecule has 0 aliphatic carbocycles. The average Bonchev–Trinajstić information content (AvgIpc) is 3.33. The highest BCUT2D eigenvalue weighted by molar-refractivity contribution is 6.21. The highest BCUT2D eigenvalue weighted by Crippen LogP contribution is 2.48. The van der Waals surface area contributed by atoms with Gasteiger partial charge in [-0.2, -0.15) is 4.98 Å². The Morgan fingerprint density at radius 1 is 1.16 bits per heavy atom. The molecule has 25 heavy (non-hydrogen) atoms. The smallest absolute Gasteiger partial charge is 0.258 e. The minimum atomic E-state index is -0.352. The Kier molecular flexibility index (Phi) is 3.09. The van der Waals surface area contributed by atoms with E-state index >= 15 is 0 Å². The molecule has 4 unspecified atom stereocenters. The molecule has 0 radical (unpaired) electrons. The van der Waals surface area contributed by atoms with Gasteiger partial charge in [0.15, 0.2) is 0 Å². The Balaban J connectivity index is 1.40. The molecule has 3 aliphatic rings. The normalized spacial score (nSPS) is 30.4. The Morgan fingerprint density at radius 3 is 2.56 bits per heavy atom. The standard InChI is InChI=1S/C18H18N4O3/c1-10-3-2-4-11(7-10)8-21-9-19-18(20-21)22-16(23)14-12-5-6-13(25-12)15(14)17(22)24/h2-4,7,9,12-15H,5-6,8H2,1H3. The van der Waals surface area contributed by atoms with Gasteiger partial charge in [-0.1, -0.05) is 29.8 Å².